The van der Waals surface area contributed by atoms with Crippen molar-refractivity contribution in [3.63, 3.8) is 0 Å². The lowest BCUT2D eigenvalue weighted by molar-refractivity contribution is -0.109. The molecule has 0 amide bonds. The summed E-state index contributed by atoms with van der Waals surface area (Å²) < 4.78 is 108. The number of ether oxygens (including phenoxy) is 3. The van der Waals surface area contributed by atoms with E-state index in [0.717, 1.165) is 47.0 Å². The summed E-state index contributed by atoms with van der Waals surface area (Å²) in [7, 11) is -13.7. The second kappa shape index (κ2) is 28.1. The number of phosphoric ester groups is 3. The quantitative estimate of drug-likeness (QED) is 0.0618. The summed E-state index contributed by atoms with van der Waals surface area (Å²) in [6, 6.07) is 0. The van der Waals surface area contributed by atoms with E-state index < -0.39 is 117 Å². The monoisotopic (exact) mass is 1060 g/mol. The summed E-state index contributed by atoms with van der Waals surface area (Å²) in [5, 5.41) is 42.1. The highest BCUT2D eigenvalue weighted by atomic mass is 32.2. The largest absolute Gasteiger partial charge is 0.475 e. The molecule has 0 aromatic heterocycles. The average Bonchev–Trinajstić information content (AvgIpc) is 3.74. The van der Waals surface area contributed by atoms with Gasteiger partial charge in [-0.15, -0.1) is 0 Å². The van der Waals surface area contributed by atoms with Crippen molar-refractivity contribution in [1.29, 1.82) is 0 Å². The van der Waals surface area contributed by atoms with Gasteiger partial charge in [-0.25, -0.2) is 13.7 Å². The predicted molar refractivity (Wildman–Crippen MR) is 234 cm³/mol. The lowest BCUT2D eigenvalue weighted by Crippen LogP contribution is -2.37. The molecular weight excluding hydrogens is 998 g/mol. The molecule has 0 radical (unpaired) electrons. The van der Waals surface area contributed by atoms with Crippen molar-refractivity contribution in [3.8, 4) is 0 Å². The number of aliphatic hydroxyl groups is 4. The third-order valence-corrected chi connectivity index (χ3v) is 16.5. The smallest absolute Gasteiger partial charge is 0.388 e. The number of hydrogen-bond donors (Lipinski definition) is 4. The van der Waals surface area contributed by atoms with Gasteiger partial charge in [0.05, 0.1) is 64.6 Å². The molecule has 3 aliphatic rings. The third-order valence-electron chi connectivity index (χ3n) is 8.99. The minimum absolute atomic E-state index is 0.0173. The minimum Gasteiger partial charge on any atom is -0.388 e. The molecule has 0 aliphatic carbocycles. The van der Waals surface area contributed by atoms with Gasteiger partial charge in [-0.05, 0) is 20.8 Å². The zero-order valence-electron chi connectivity index (χ0n) is 36.2. The van der Waals surface area contributed by atoms with Gasteiger partial charge in [-0.1, -0.05) is 47.0 Å². The van der Waals surface area contributed by atoms with E-state index in [4.69, 9.17) is 54.9 Å². The molecule has 0 aromatic carbocycles. The molecule has 3 aliphatic heterocycles. The first-order valence-corrected chi connectivity index (χ1v) is 28.2. The van der Waals surface area contributed by atoms with Crippen molar-refractivity contribution in [2.24, 2.45) is 0 Å². The number of carbonyl (C=O) groups excluding carboxylic acids is 4. The van der Waals surface area contributed by atoms with Crippen LogP contribution in [0, 0.1) is 0 Å². The van der Waals surface area contributed by atoms with Gasteiger partial charge >= 0.3 is 23.5 Å². The van der Waals surface area contributed by atoms with Gasteiger partial charge in [-0.2, -0.15) is 0 Å². The molecule has 3 saturated heterocycles. The maximum absolute atomic E-state index is 14.2. The summed E-state index contributed by atoms with van der Waals surface area (Å²) in [4.78, 5) is 45.7. The Balaban J connectivity index is 1.71. The summed E-state index contributed by atoms with van der Waals surface area (Å²) in [6.07, 6.45) is -15.3. The van der Waals surface area contributed by atoms with Crippen molar-refractivity contribution < 1.29 is 108 Å². The average molecular weight is 1060 g/mol. The van der Waals surface area contributed by atoms with Crippen LogP contribution in [0.1, 0.15) is 48.5 Å². The Hall–Kier alpha value is 0.130. The predicted octanol–water partition coefficient (Wildman–Crippen LogP) is 3.12. The maximum Gasteiger partial charge on any atom is 0.475 e. The van der Waals surface area contributed by atoms with E-state index in [2.05, 4.69) is 0 Å². The maximum atomic E-state index is 14.2. The van der Waals surface area contributed by atoms with Gasteiger partial charge < -0.3 is 34.6 Å². The van der Waals surface area contributed by atoms with E-state index in [1.54, 1.807) is 0 Å². The highest BCUT2D eigenvalue weighted by molar-refractivity contribution is 8.14. The first kappa shape index (κ1) is 58.4. The number of phosphoric acid groups is 3. The van der Waals surface area contributed by atoms with Crippen LogP contribution < -0.4 is 0 Å². The standard InChI is InChI=1S/C34H59O23P3S4/c1-19-29(39)30(40)26(53-19)16-51-59(44,48-10-14-63-24(6)37)56-34-21(3)55-28(32(34)42)18-52-60(45,49-11-15-64-25(7)38)57-33-20(2)54-27(31(33)41)17-50-58(43,46-8-12-61-22(4)35)47-9-13-62-23(5)36/h19-21,26-34,39-42H,8-18H2,1-7H3/t19-,20-,21-,26+,27+,28+,29+,30?,31?,32?,33+,34+,59-,60-/m0/s1. The van der Waals surface area contributed by atoms with Crippen LogP contribution in [-0.2, 0) is 87.8 Å². The number of thioether (sulfide) groups is 4. The van der Waals surface area contributed by atoms with Gasteiger partial charge in [0, 0.05) is 50.7 Å². The Kier molecular flexibility index (Phi) is 25.7. The molecule has 372 valence electrons. The molecule has 30 heteroatoms. The second-order valence-corrected chi connectivity index (χ2v) is 24.2. The fourth-order valence-electron chi connectivity index (χ4n) is 5.93. The normalized spacial score (nSPS) is 31.5. The van der Waals surface area contributed by atoms with Crippen LogP contribution in [-0.4, -0.2) is 183 Å². The molecule has 3 rings (SSSR count). The fourth-order valence-corrected chi connectivity index (χ4v) is 12.3. The molecule has 0 aromatic rings. The van der Waals surface area contributed by atoms with Gasteiger partial charge in [0.15, 0.2) is 20.5 Å². The first-order chi connectivity index (χ1) is 30.0. The Bertz CT molecular complexity index is 1640. The summed E-state index contributed by atoms with van der Waals surface area (Å²) in [5.41, 5.74) is 0. The Labute approximate surface area is 388 Å². The van der Waals surface area contributed by atoms with Crippen molar-refractivity contribution in [2.45, 2.75) is 122 Å². The summed E-state index contributed by atoms with van der Waals surface area (Å²) in [6.45, 7) is 6.85. The van der Waals surface area contributed by atoms with E-state index in [1.807, 2.05) is 0 Å². The third kappa shape index (κ3) is 19.9. The first-order valence-electron chi connectivity index (χ1n) is 19.9. The topological polar surface area (TPSA) is 311 Å². The number of aliphatic hydroxyl groups excluding tert-OH is 4. The van der Waals surface area contributed by atoms with E-state index in [1.165, 1.54) is 48.5 Å². The number of hydrogen-bond acceptors (Lipinski definition) is 27. The lowest BCUT2D eigenvalue weighted by Gasteiger charge is -2.27. The van der Waals surface area contributed by atoms with Crippen LogP contribution in [0.5, 0.6) is 0 Å². The van der Waals surface area contributed by atoms with Crippen LogP contribution in [0.4, 0.5) is 0 Å². The van der Waals surface area contributed by atoms with E-state index in [9.17, 15) is 53.3 Å². The Morgan fingerprint density at radius 3 is 1.02 bits per heavy atom. The zero-order valence-corrected chi connectivity index (χ0v) is 42.2. The van der Waals surface area contributed by atoms with Crippen LogP contribution in [0.2, 0.25) is 0 Å². The minimum atomic E-state index is -4.75. The van der Waals surface area contributed by atoms with Crippen LogP contribution >= 0.6 is 70.5 Å². The van der Waals surface area contributed by atoms with Crippen molar-refractivity contribution in [2.75, 3.05) is 69.3 Å². The van der Waals surface area contributed by atoms with Gasteiger partial charge in [0.2, 0.25) is 0 Å². The van der Waals surface area contributed by atoms with Crippen LogP contribution in [0.3, 0.4) is 0 Å². The molecular formula is C34H59O23P3S4. The number of rotatable bonds is 29. The van der Waals surface area contributed by atoms with Gasteiger partial charge in [-0.3, -0.25) is 59.9 Å². The molecule has 64 heavy (non-hydrogen) atoms. The number of carbonyl (C=O) groups is 4. The highest BCUT2D eigenvalue weighted by Gasteiger charge is 2.51. The summed E-state index contributed by atoms with van der Waals surface area (Å²) >= 11 is 3.56. The SMILES string of the molecule is CC(=O)SCCOP(=O)(OCCSC(C)=O)OC[C@H]1O[C@@H](C)[C@@H](O[P@@](=O)(OCCSC(C)=O)OC[C@H]2O[C@@H](C)[C@@H](O[P@@](=O)(OCCSC(C)=O)OC[C@H]3O[C@@H](C)[C@@H](O)C3O)C2O)C1O. The molecule has 14 atom stereocenters. The molecule has 0 spiro atoms. The van der Waals surface area contributed by atoms with Crippen molar-refractivity contribution >= 4 is 91.0 Å². The lowest BCUT2D eigenvalue weighted by atomic mass is 10.1. The second-order valence-electron chi connectivity index (χ2n) is 14.2. The summed E-state index contributed by atoms with van der Waals surface area (Å²) in [5.74, 6) is 0.324. The Morgan fingerprint density at radius 2 is 0.719 bits per heavy atom. The van der Waals surface area contributed by atoms with Crippen molar-refractivity contribution in [1.82, 2.24) is 0 Å². The molecule has 3 unspecified atom stereocenters. The molecule has 23 nitrogen and oxygen atoms in total. The molecule has 3 fully saturated rings. The van der Waals surface area contributed by atoms with Gasteiger partial charge in [0.25, 0.3) is 0 Å². The molecule has 0 saturated carbocycles. The Morgan fingerprint density at radius 1 is 0.438 bits per heavy atom. The van der Waals surface area contributed by atoms with E-state index in [0.29, 0.717) is 0 Å². The highest BCUT2D eigenvalue weighted by Crippen LogP contribution is 2.56. The van der Waals surface area contributed by atoms with E-state index in [-0.39, 0.29) is 69.9 Å². The molecule has 0 bridgehead atoms. The van der Waals surface area contributed by atoms with Crippen LogP contribution in [0.25, 0.3) is 0 Å². The van der Waals surface area contributed by atoms with Crippen molar-refractivity contribution in [3.05, 3.63) is 0 Å². The molecule has 4 N–H and O–H groups in total. The van der Waals surface area contributed by atoms with E-state index >= 15 is 0 Å². The zero-order chi connectivity index (χ0) is 47.8. The van der Waals surface area contributed by atoms with Gasteiger partial charge in [0.1, 0.15) is 54.9 Å². The van der Waals surface area contributed by atoms with Crippen LogP contribution in [0.15, 0.2) is 0 Å². The fraction of sp³-hybridized carbons (Fsp3) is 0.882. The molecule has 3 heterocycles.